The van der Waals surface area contributed by atoms with E-state index in [0.717, 1.165) is 34.3 Å². The highest BCUT2D eigenvalue weighted by molar-refractivity contribution is 7.98. The fourth-order valence-electron chi connectivity index (χ4n) is 2.75. The molecule has 1 aromatic carbocycles. The number of benzene rings is 1. The Labute approximate surface area is 163 Å². The average Bonchev–Trinajstić information content (AvgIpc) is 3.18. The van der Waals surface area contributed by atoms with E-state index in [-0.39, 0.29) is 11.5 Å². The zero-order chi connectivity index (χ0) is 18.8. The van der Waals surface area contributed by atoms with Gasteiger partial charge in [-0.3, -0.25) is 4.57 Å². The van der Waals surface area contributed by atoms with Gasteiger partial charge in [-0.1, -0.05) is 23.9 Å². The highest BCUT2D eigenvalue weighted by Crippen LogP contribution is 2.42. The summed E-state index contributed by atoms with van der Waals surface area (Å²) in [6.07, 6.45) is 2.27. The summed E-state index contributed by atoms with van der Waals surface area (Å²) in [5.41, 5.74) is 0.932. The molecule has 0 N–H and O–H groups in total. The Kier molecular flexibility index (Phi) is 5.31. The van der Waals surface area contributed by atoms with Crippen molar-refractivity contribution in [1.29, 1.82) is 0 Å². The molecule has 5 nitrogen and oxygen atoms in total. The second-order valence-corrected chi connectivity index (χ2v) is 7.93. The lowest BCUT2D eigenvalue weighted by Crippen LogP contribution is -2.03. The third-order valence-electron chi connectivity index (χ3n) is 4.13. The first-order chi connectivity index (χ1) is 13.2. The minimum absolute atomic E-state index is 0.0300. The molecule has 1 aliphatic carbocycles. The number of hydrogen-bond acceptors (Lipinski definition) is 6. The van der Waals surface area contributed by atoms with E-state index in [1.54, 1.807) is 35.2 Å². The summed E-state index contributed by atoms with van der Waals surface area (Å²) in [5, 5.41) is 11.7. The number of methoxy groups -OCH3 is 1. The predicted molar refractivity (Wildman–Crippen MR) is 101 cm³/mol. The van der Waals surface area contributed by atoms with Crippen LogP contribution >= 0.6 is 23.1 Å². The van der Waals surface area contributed by atoms with Crippen LogP contribution in [0.4, 0.5) is 8.78 Å². The van der Waals surface area contributed by atoms with Crippen LogP contribution in [-0.2, 0) is 5.75 Å². The van der Waals surface area contributed by atoms with Crippen molar-refractivity contribution in [3.8, 4) is 22.2 Å². The van der Waals surface area contributed by atoms with Gasteiger partial charge in [-0.05, 0) is 42.0 Å². The lowest BCUT2D eigenvalue weighted by atomic mass is 10.2. The van der Waals surface area contributed by atoms with Gasteiger partial charge in [0.15, 0.2) is 22.5 Å². The first kappa shape index (κ1) is 18.2. The highest BCUT2D eigenvalue weighted by Gasteiger charge is 2.30. The summed E-state index contributed by atoms with van der Waals surface area (Å²) in [6, 6.07) is 9.48. The van der Waals surface area contributed by atoms with Crippen molar-refractivity contribution in [2.75, 3.05) is 7.11 Å². The zero-order valence-corrected chi connectivity index (χ0v) is 16.1. The summed E-state index contributed by atoms with van der Waals surface area (Å²) in [5.74, 6) is 1.85. The first-order valence-corrected chi connectivity index (χ1v) is 10.3. The second kappa shape index (κ2) is 7.85. The smallest absolute Gasteiger partial charge is 0.387 e. The highest BCUT2D eigenvalue weighted by atomic mass is 32.2. The Morgan fingerprint density at radius 1 is 1.26 bits per heavy atom. The van der Waals surface area contributed by atoms with E-state index in [2.05, 4.69) is 25.6 Å². The van der Waals surface area contributed by atoms with E-state index >= 15 is 0 Å². The van der Waals surface area contributed by atoms with Crippen molar-refractivity contribution in [2.45, 2.75) is 36.4 Å². The maximum absolute atomic E-state index is 12.5. The molecule has 4 rings (SSSR count). The molecule has 0 saturated heterocycles. The molecule has 3 aromatic rings. The third-order valence-corrected chi connectivity index (χ3v) is 6.01. The quantitative estimate of drug-likeness (QED) is 0.476. The van der Waals surface area contributed by atoms with Crippen LogP contribution in [-0.4, -0.2) is 28.5 Å². The van der Waals surface area contributed by atoms with E-state index < -0.39 is 6.61 Å². The molecule has 142 valence electrons. The van der Waals surface area contributed by atoms with Gasteiger partial charge in [0.1, 0.15) is 0 Å². The van der Waals surface area contributed by atoms with E-state index in [0.29, 0.717) is 11.8 Å². The van der Waals surface area contributed by atoms with Gasteiger partial charge in [-0.2, -0.15) is 8.78 Å². The number of aromatic nitrogens is 3. The fraction of sp³-hybridized carbons (Fsp3) is 0.333. The van der Waals surface area contributed by atoms with Crippen molar-refractivity contribution in [3.05, 3.63) is 41.3 Å². The van der Waals surface area contributed by atoms with E-state index in [9.17, 15) is 8.78 Å². The molecule has 0 aliphatic heterocycles. The summed E-state index contributed by atoms with van der Waals surface area (Å²) in [6.45, 7) is -2.88. The van der Waals surface area contributed by atoms with Gasteiger partial charge in [0.2, 0.25) is 0 Å². The van der Waals surface area contributed by atoms with Crippen LogP contribution < -0.4 is 9.47 Å². The Balaban J connectivity index is 1.52. The largest absolute Gasteiger partial charge is 0.493 e. The maximum atomic E-state index is 12.5. The summed E-state index contributed by atoms with van der Waals surface area (Å²) < 4.78 is 36.7. The standard InChI is InChI=1S/C18H17F2N3O2S2/c1-24-14-9-11(4-7-13(14)25-17(19)20)10-27-18-22-21-16(15-3-2-8-26-15)23(18)12-5-6-12/h2-4,7-9,12,17H,5-6,10H2,1H3. The molecule has 0 atom stereocenters. The van der Waals surface area contributed by atoms with Gasteiger partial charge in [0.05, 0.1) is 12.0 Å². The molecular formula is C18H17F2N3O2S2. The molecule has 2 heterocycles. The average molecular weight is 409 g/mol. The maximum Gasteiger partial charge on any atom is 0.387 e. The molecule has 9 heteroatoms. The van der Waals surface area contributed by atoms with Gasteiger partial charge in [-0.15, -0.1) is 21.5 Å². The summed E-state index contributed by atoms with van der Waals surface area (Å²) in [4.78, 5) is 1.11. The molecule has 1 fully saturated rings. The van der Waals surface area contributed by atoms with Gasteiger partial charge >= 0.3 is 6.61 Å². The molecule has 0 spiro atoms. The van der Waals surface area contributed by atoms with Crippen LogP contribution in [0.2, 0.25) is 0 Å². The Hall–Kier alpha value is -2.13. The molecule has 2 aromatic heterocycles. The van der Waals surface area contributed by atoms with E-state index in [1.165, 1.54) is 13.2 Å². The number of alkyl halides is 2. The number of nitrogens with zero attached hydrogens (tertiary/aromatic N) is 3. The number of thiophene rings is 1. The van der Waals surface area contributed by atoms with Gasteiger partial charge in [0.25, 0.3) is 0 Å². The summed E-state index contributed by atoms with van der Waals surface area (Å²) >= 11 is 3.23. The molecule has 0 radical (unpaired) electrons. The number of thioether (sulfide) groups is 1. The van der Waals surface area contributed by atoms with Crippen LogP contribution in [0.3, 0.4) is 0 Å². The van der Waals surface area contributed by atoms with Gasteiger partial charge < -0.3 is 9.47 Å². The molecule has 0 amide bonds. The lowest BCUT2D eigenvalue weighted by molar-refractivity contribution is -0.0512. The van der Waals surface area contributed by atoms with Crippen molar-refractivity contribution in [2.24, 2.45) is 0 Å². The SMILES string of the molecule is COc1cc(CSc2nnc(-c3cccs3)n2C2CC2)ccc1OC(F)F. The first-order valence-electron chi connectivity index (χ1n) is 8.39. The number of rotatable bonds is 8. The molecular weight excluding hydrogens is 392 g/mol. The van der Waals surface area contributed by atoms with Crippen LogP contribution in [0.1, 0.15) is 24.4 Å². The van der Waals surface area contributed by atoms with Crippen LogP contribution in [0.5, 0.6) is 11.5 Å². The van der Waals surface area contributed by atoms with E-state index in [1.807, 2.05) is 11.4 Å². The van der Waals surface area contributed by atoms with Crippen LogP contribution in [0, 0.1) is 0 Å². The van der Waals surface area contributed by atoms with Crippen molar-refractivity contribution in [3.63, 3.8) is 0 Å². The van der Waals surface area contributed by atoms with E-state index in [4.69, 9.17) is 4.74 Å². The zero-order valence-electron chi connectivity index (χ0n) is 14.5. The minimum Gasteiger partial charge on any atom is -0.493 e. The number of halogens is 2. The Morgan fingerprint density at radius 3 is 2.78 bits per heavy atom. The normalized spacial score (nSPS) is 13.9. The van der Waals surface area contributed by atoms with Crippen LogP contribution in [0.25, 0.3) is 10.7 Å². The van der Waals surface area contributed by atoms with Gasteiger partial charge in [0, 0.05) is 11.8 Å². The van der Waals surface area contributed by atoms with Gasteiger partial charge in [-0.25, -0.2) is 0 Å². The number of hydrogen-bond donors (Lipinski definition) is 0. The monoisotopic (exact) mass is 409 g/mol. The second-order valence-electron chi connectivity index (χ2n) is 6.04. The molecule has 1 saturated carbocycles. The predicted octanol–water partition coefficient (Wildman–Crippen LogP) is 5.24. The molecule has 27 heavy (non-hydrogen) atoms. The fourth-order valence-corrected chi connectivity index (χ4v) is 4.41. The lowest BCUT2D eigenvalue weighted by Gasteiger charge is -2.11. The van der Waals surface area contributed by atoms with Crippen LogP contribution in [0.15, 0.2) is 40.9 Å². The Morgan fingerprint density at radius 2 is 2.11 bits per heavy atom. The molecule has 0 unspecified atom stereocenters. The third kappa shape index (κ3) is 4.08. The minimum atomic E-state index is -2.88. The molecule has 0 bridgehead atoms. The van der Waals surface area contributed by atoms with Crippen molar-refractivity contribution in [1.82, 2.24) is 14.8 Å². The summed E-state index contributed by atoms with van der Waals surface area (Å²) in [7, 11) is 1.43. The molecule has 1 aliphatic rings. The number of ether oxygens (including phenoxy) is 2. The van der Waals surface area contributed by atoms with Crippen molar-refractivity contribution >= 4 is 23.1 Å². The van der Waals surface area contributed by atoms with Crippen molar-refractivity contribution < 1.29 is 18.3 Å². The topological polar surface area (TPSA) is 49.2 Å². The Bertz CT molecular complexity index is 911.